The highest BCUT2D eigenvalue weighted by molar-refractivity contribution is 7.84. The zero-order valence-electron chi connectivity index (χ0n) is 12.2. The first-order chi connectivity index (χ1) is 9.63. The topological polar surface area (TPSA) is 58.6 Å². The van der Waals surface area contributed by atoms with Crippen LogP contribution in [0.15, 0.2) is 30.3 Å². The third kappa shape index (κ3) is 7.14. The molecule has 0 aliphatic rings. The second-order valence-corrected chi connectivity index (χ2v) is 6.54. The molecule has 0 aliphatic heterocycles. The van der Waals surface area contributed by atoms with Gasteiger partial charge in [0.15, 0.2) is 0 Å². The first kappa shape index (κ1) is 17.3. The van der Waals surface area contributed by atoms with Crippen LogP contribution in [0.5, 0.6) is 0 Å². The molecule has 0 saturated heterocycles. The van der Waals surface area contributed by atoms with Crippen molar-refractivity contribution in [3.63, 3.8) is 0 Å². The predicted molar refractivity (Wildman–Crippen MR) is 83.2 cm³/mol. The van der Waals surface area contributed by atoms with E-state index in [1.807, 2.05) is 44.2 Å². The summed E-state index contributed by atoms with van der Waals surface area (Å²) < 4.78 is 16.9. The van der Waals surface area contributed by atoms with Crippen molar-refractivity contribution in [2.24, 2.45) is 0 Å². The molecule has 2 N–H and O–H groups in total. The van der Waals surface area contributed by atoms with Crippen molar-refractivity contribution >= 4 is 10.8 Å². The van der Waals surface area contributed by atoms with Crippen molar-refractivity contribution in [1.29, 1.82) is 0 Å². The van der Waals surface area contributed by atoms with E-state index in [-0.39, 0.29) is 6.10 Å². The SMILES string of the molecule is CCS(=O)CCNCC(O)COC(C)c1ccccc1. The van der Waals surface area contributed by atoms with Crippen LogP contribution in [0, 0.1) is 0 Å². The first-order valence-electron chi connectivity index (χ1n) is 7.03. The smallest absolute Gasteiger partial charge is 0.0897 e. The molecular weight excluding hydrogens is 274 g/mol. The Balaban J connectivity index is 2.13. The van der Waals surface area contributed by atoms with Gasteiger partial charge in [0.2, 0.25) is 0 Å². The lowest BCUT2D eigenvalue weighted by Gasteiger charge is -2.17. The third-order valence-electron chi connectivity index (χ3n) is 3.02. The minimum atomic E-state index is -0.753. The van der Waals surface area contributed by atoms with Gasteiger partial charge in [0.25, 0.3) is 0 Å². The fourth-order valence-corrected chi connectivity index (χ4v) is 2.39. The lowest BCUT2D eigenvalue weighted by atomic mass is 10.1. The molecule has 114 valence electrons. The number of ether oxygens (including phenoxy) is 1. The van der Waals surface area contributed by atoms with Gasteiger partial charge in [-0.3, -0.25) is 4.21 Å². The van der Waals surface area contributed by atoms with Crippen LogP contribution in [0.3, 0.4) is 0 Å². The van der Waals surface area contributed by atoms with Crippen molar-refractivity contribution in [2.75, 3.05) is 31.2 Å². The number of benzene rings is 1. The zero-order chi connectivity index (χ0) is 14.8. The van der Waals surface area contributed by atoms with E-state index < -0.39 is 16.9 Å². The number of aliphatic hydroxyl groups is 1. The molecule has 20 heavy (non-hydrogen) atoms. The summed E-state index contributed by atoms with van der Waals surface area (Å²) in [5.41, 5.74) is 1.10. The molecule has 4 nitrogen and oxygen atoms in total. The third-order valence-corrected chi connectivity index (χ3v) is 4.32. The van der Waals surface area contributed by atoms with Crippen LogP contribution in [0.25, 0.3) is 0 Å². The van der Waals surface area contributed by atoms with E-state index in [1.54, 1.807) is 0 Å². The molecule has 0 saturated carbocycles. The standard InChI is InChI=1S/C15H25NO3S/c1-3-20(18)10-9-16-11-15(17)12-19-13(2)14-7-5-4-6-8-14/h4-8,13,15-17H,3,9-12H2,1-2H3. The number of nitrogens with one attached hydrogen (secondary N) is 1. The minimum absolute atomic E-state index is 0.0292. The Morgan fingerprint density at radius 1 is 1.35 bits per heavy atom. The summed E-state index contributed by atoms with van der Waals surface area (Å²) in [6.07, 6.45) is -0.574. The van der Waals surface area contributed by atoms with Gasteiger partial charge in [-0.1, -0.05) is 37.3 Å². The molecule has 0 spiro atoms. The summed E-state index contributed by atoms with van der Waals surface area (Å²) in [5, 5.41) is 12.9. The van der Waals surface area contributed by atoms with E-state index in [0.717, 1.165) is 5.56 Å². The van der Waals surface area contributed by atoms with Crippen molar-refractivity contribution in [3.05, 3.63) is 35.9 Å². The lowest BCUT2D eigenvalue weighted by molar-refractivity contribution is -0.00181. The van der Waals surface area contributed by atoms with Crippen LogP contribution in [-0.4, -0.2) is 46.6 Å². The molecule has 1 rings (SSSR count). The molecule has 1 aromatic carbocycles. The van der Waals surface area contributed by atoms with Gasteiger partial charge in [-0.05, 0) is 12.5 Å². The van der Waals surface area contributed by atoms with Gasteiger partial charge in [0, 0.05) is 35.4 Å². The van der Waals surface area contributed by atoms with Crippen LogP contribution < -0.4 is 5.32 Å². The number of hydrogen-bond donors (Lipinski definition) is 2. The van der Waals surface area contributed by atoms with Crippen LogP contribution in [0.1, 0.15) is 25.5 Å². The second kappa shape index (κ2) is 10.0. The monoisotopic (exact) mass is 299 g/mol. The average Bonchev–Trinajstić information content (AvgIpc) is 2.49. The summed E-state index contributed by atoms with van der Waals surface area (Å²) in [5.74, 6) is 1.31. The molecule has 3 unspecified atom stereocenters. The van der Waals surface area contributed by atoms with E-state index in [2.05, 4.69) is 5.32 Å². The molecule has 0 amide bonds. The van der Waals surface area contributed by atoms with E-state index in [1.165, 1.54) is 0 Å². The molecule has 5 heteroatoms. The Labute approximate surface area is 124 Å². The van der Waals surface area contributed by atoms with E-state index in [9.17, 15) is 9.32 Å². The zero-order valence-corrected chi connectivity index (χ0v) is 13.1. The molecular formula is C15H25NO3S. The maximum atomic E-state index is 11.2. The van der Waals surface area contributed by atoms with Crippen molar-refractivity contribution in [3.8, 4) is 0 Å². The Morgan fingerprint density at radius 3 is 2.70 bits per heavy atom. The van der Waals surface area contributed by atoms with Crippen LogP contribution >= 0.6 is 0 Å². The van der Waals surface area contributed by atoms with Crippen LogP contribution in [0.2, 0.25) is 0 Å². The molecule has 0 aliphatic carbocycles. The highest BCUT2D eigenvalue weighted by atomic mass is 32.2. The quantitative estimate of drug-likeness (QED) is 0.643. The van der Waals surface area contributed by atoms with Crippen molar-refractivity contribution < 1.29 is 14.1 Å². The summed E-state index contributed by atoms with van der Waals surface area (Å²) in [7, 11) is -0.753. The highest BCUT2D eigenvalue weighted by Gasteiger charge is 2.09. The Morgan fingerprint density at radius 2 is 2.05 bits per heavy atom. The molecule has 3 atom stereocenters. The number of hydrogen-bond acceptors (Lipinski definition) is 4. The normalized spacial score (nSPS) is 15.8. The molecule has 0 fully saturated rings. The van der Waals surface area contributed by atoms with Crippen molar-refractivity contribution in [2.45, 2.75) is 26.1 Å². The summed E-state index contributed by atoms with van der Waals surface area (Å²) in [4.78, 5) is 0. The van der Waals surface area contributed by atoms with Gasteiger partial charge in [0.1, 0.15) is 0 Å². The minimum Gasteiger partial charge on any atom is -0.389 e. The van der Waals surface area contributed by atoms with Gasteiger partial charge >= 0.3 is 0 Å². The van der Waals surface area contributed by atoms with Crippen molar-refractivity contribution in [1.82, 2.24) is 5.32 Å². The van der Waals surface area contributed by atoms with E-state index in [0.29, 0.717) is 31.2 Å². The number of aliphatic hydroxyl groups excluding tert-OH is 1. The predicted octanol–water partition coefficient (Wildman–Crippen LogP) is 1.48. The summed E-state index contributed by atoms with van der Waals surface area (Å²) >= 11 is 0. The largest absolute Gasteiger partial charge is 0.389 e. The Bertz CT molecular complexity index is 386. The molecule has 1 aromatic rings. The first-order valence-corrected chi connectivity index (χ1v) is 8.52. The maximum absolute atomic E-state index is 11.2. The fourth-order valence-electron chi connectivity index (χ4n) is 1.73. The molecule has 0 bridgehead atoms. The Kier molecular flexibility index (Phi) is 8.69. The summed E-state index contributed by atoms with van der Waals surface area (Å²) in [6.45, 7) is 5.29. The van der Waals surface area contributed by atoms with Gasteiger partial charge in [0.05, 0.1) is 18.8 Å². The maximum Gasteiger partial charge on any atom is 0.0897 e. The van der Waals surface area contributed by atoms with Crippen LogP contribution in [0.4, 0.5) is 0 Å². The molecule has 0 heterocycles. The lowest BCUT2D eigenvalue weighted by Crippen LogP contribution is -2.33. The molecule has 0 aromatic heterocycles. The van der Waals surface area contributed by atoms with E-state index >= 15 is 0 Å². The average molecular weight is 299 g/mol. The fraction of sp³-hybridized carbons (Fsp3) is 0.600. The summed E-state index contributed by atoms with van der Waals surface area (Å²) in [6, 6.07) is 9.93. The van der Waals surface area contributed by atoms with E-state index in [4.69, 9.17) is 4.74 Å². The highest BCUT2D eigenvalue weighted by Crippen LogP contribution is 2.15. The second-order valence-electron chi connectivity index (χ2n) is 4.68. The van der Waals surface area contributed by atoms with Gasteiger partial charge < -0.3 is 15.2 Å². The van der Waals surface area contributed by atoms with Gasteiger partial charge in [-0.25, -0.2) is 0 Å². The number of rotatable bonds is 10. The van der Waals surface area contributed by atoms with Gasteiger partial charge in [-0.15, -0.1) is 0 Å². The van der Waals surface area contributed by atoms with Gasteiger partial charge in [-0.2, -0.15) is 0 Å². The Hall–Kier alpha value is -0.750. The molecule has 0 radical (unpaired) electrons. The van der Waals surface area contributed by atoms with Crippen LogP contribution in [-0.2, 0) is 15.5 Å².